The van der Waals surface area contributed by atoms with E-state index in [0.29, 0.717) is 18.5 Å². The van der Waals surface area contributed by atoms with Crippen LogP contribution in [-0.2, 0) is 0 Å². The fourth-order valence-corrected chi connectivity index (χ4v) is 2.96. The maximum absolute atomic E-state index is 12.3. The number of hydrogen-bond donors (Lipinski definition) is 2. The Morgan fingerprint density at radius 2 is 1.79 bits per heavy atom. The van der Waals surface area contributed by atoms with Crippen LogP contribution in [0.25, 0.3) is 0 Å². The molecule has 1 amide bonds. The second-order valence-corrected chi connectivity index (χ2v) is 7.29. The van der Waals surface area contributed by atoms with E-state index in [1.165, 1.54) is 5.69 Å². The molecular weight excluding hydrogens is 302 g/mol. The van der Waals surface area contributed by atoms with E-state index in [-0.39, 0.29) is 17.9 Å². The van der Waals surface area contributed by atoms with Crippen LogP contribution in [0.1, 0.15) is 37.6 Å². The van der Waals surface area contributed by atoms with Gasteiger partial charge in [0.1, 0.15) is 0 Å². The maximum atomic E-state index is 12.3. The molecule has 0 atom stereocenters. The van der Waals surface area contributed by atoms with Gasteiger partial charge in [0.2, 0.25) is 0 Å². The van der Waals surface area contributed by atoms with Gasteiger partial charge in [0, 0.05) is 50.6 Å². The Bertz CT molecular complexity index is 520. The number of carbonyl (C=O) groups is 1. The van der Waals surface area contributed by atoms with E-state index in [1.54, 1.807) is 0 Å². The van der Waals surface area contributed by atoms with Crippen molar-refractivity contribution in [2.45, 2.75) is 27.2 Å². The van der Waals surface area contributed by atoms with Gasteiger partial charge in [0.15, 0.2) is 0 Å². The minimum atomic E-state index is -0.0939. The first-order valence-electron chi connectivity index (χ1n) is 8.91. The molecule has 1 fully saturated rings. The number of likely N-dealkylation sites (N-methyl/N-ethyl adjacent to an activating group) is 1. The summed E-state index contributed by atoms with van der Waals surface area (Å²) in [6.07, 6.45) is 0.677. The van der Waals surface area contributed by atoms with Crippen LogP contribution >= 0.6 is 0 Å². The smallest absolute Gasteiger partial charge is 0.251 e. The molecule has 0 saturated carbocycles. The van der Waals surface area contributed by atoms with Crippen molar-refractivity contribution in [1.82, 2.24) is 10.2 Å². The number of anilines is 1. The first-order valence-corrected chi connectivity index (χ1v) is 8.91. The second-order valence-electron chi connectivity index (χ2n) is 7.29. The lowest BCUT2D eigenvalue weighted by Crippen LogP contribution is -2.46. The summed E-state index contributed by atoms with van der Waals surface area (Å²) in [6.45, 7) is 12.4. The van der Waals surface area contributed by atoms with Crippen LogP contribution < -0.4 is 10.2 Å². The Morgan fingerprint density at radius 3 is 2.33 bits per heavy atom. The van der Waals surface area contributed by atoms with Crippen LogP contribution in [0.3, 0.4) is 0 Å². The van der Waals surface area contributed by atoms with E-state index in [4.69, 9.17) is 5.11 Å². The minimum Gasteiger partial charge on any atom is -0.396 e. The average molecular weight is 333 g/mol. The molecular formula is C19H31N3O2. The van der Waals surface area contributed by atoms with Gasteiger partial charge in [-0.2, -0.15) is 0 Å². The highest BCUT2D eigenvalue weighted by Gasteiger charge is 2.19. The standard InChI is InChI=1S/C19H31N3O2/c1-4-21-10-12-22(13-11-21)17-7-5-16(6-8-17)18(24)20-15-19(2,3)9-14-23/h5-8,23H,4,9-15H2,1-3H3,(H,20,24). The molecule has 1 aliphatic heterocycles. The molecule has 0 aromatic heterocycles. The summed E-state index contributed by atoms with van der Waals surface area (Å²) in [4.78, 5) is 17.1. The van der Waals surface area contributed by atoms with Crippen LogP contribution in [0.5, 0.6) is 0 Å². The van der Waals surface area contributed by atoms with Crippen molar-refractivity contribution in [1.29, 1.82) is 0 Å². The number of amides is 1. The molecule has 24 heavy (non-hydrogen) atoms. The fourth-order valence-electron chi connectivity index (χ4n) is 2.96. The molecule has 0 aliphatic carbocycles. The number of nitrogens with zero attached hydrogens (tertiary/aromatic N) is 2. The molecule has 1 aromatic carbocycles. The van der Waals surface area contributed by atoms with Crippen molar-refractivity contribution >= 4 is 11.6 Å². The third-order valence-electron chi connectivity index (χ3n) is 4.83. The molecule has 2 rings (SSSR count). The number of nitrogens with one attached hydrogen (secondary N) is 1. The van der Waals surface area contributed by atoms with Gasteiger partial charge in [-0.3, -0.25) is 4.79 Å². The molecule has 5 heteroatoms. The Balaban J connectivity index is 1.88. The molecule has 0 unspecified atom stereocenters. The van der Waals surface area contributed by atoms with Crippen molar-refractivity contribution in [2.24, 2.45) is 5.41 Å². The van der Waals surface area contributed by atoms with Crippen LogP contribution in [0, 0.1) is 5.41 Å². The van der Waals surface area contributed by atoms with Crippen LogP contribution in [0.15, 0.2) is 24.3 Å². The summed E-state index contributed by atoms with van der Waals surface area (Å²) in [5.74, 6) is -0.0524. The number of aliphatic hydroxyl groups excluding tert-OH is 1. The largest absolute Gasteiger partial charge is 0.396 e. The van der Waals surface area contributed by atoms with Crippen molar-refractivity contribution in [3.63, 3.8) is 0 Å². The van der Waals surface area contributed by atoms with E-state index < -0.39 is 0 Å². The van der Waals surface area contributed by atoms with E-state index in [1.807, 2.05) is 38.1 Å². The third kappa shape index (κ3) is 5.21. The highest BCUT2D eigenvalue weighted by atomic mass is 16.3. The molecule has 1 aromatic rings. The predicted octanol–water partition coefficient (Wildman–Crippen LogP) is 1.97. The quantitative estimate of drug-likeness (QED) is 0.801. The normalized spacial score (nSPS) is 16.2. The van der Waals surface area contributed by atoms with E-state index in [2.05, 4.69) is 22.0 Å². The molecule has 5 nitrogen and oxygen atoms in total. The van der Waals surface area contributed by atoms with Crippen molar-refractivity contribution in [3.05, 3.63) is 29.8 Å². The number of aliphatic hydroxyl groups is 1. The molecule has 0 bridgehead atoms. The molecule has 1 aliphatic rings. The monoisotopic (exact) mass is 333 g/mol. The van der Waals surface area contributed by atoms with Gasteiger partial charge >= 0.3 is 0 Å². The molecule has 2 N–H and O–H groups in total. The fraction of sp³-hybridized carbons (Fsp3) is 0.632. The summed E-state index contributed by atoms with van der Waals surface area (Å²) in [7, 11) is 0. The first-order chi connectivity index (χ1) is 11.4. The molecule has 0 radical (unpaired) electrons. The van der Waals surface area contributed by atoms with Gasteiger partial charge in [0.25, 0.3) is 5.91 Å². The Kier molecular flexibility index (Phi) is 6.63. The van der Waals surface area contributed by atoms with Crippen LogP contribution in [0.4, 0.5) is 5.69 Å². The van der Waals surface area contributed by atoms with Crippen molar-refractivity contribution in [2.75, 3.05) is 50.8 Å². The first kappa shape index (κ1) is 18.7. The number of rotatable bonds is 7. The molecule has 1 heterocycles. The minimum absolute atomic E-state index is 0.0524. The zero-order valence-corrected chi connectivity index (χ0v) is 15.2. The lowest BCUT2D eigenvalue weighted by Gasteiger charge is -2.35. The highest BCUT2D eigenvalue weighted by molar-refractivity contribution is 5.94. The van der Waals surface area contributed by atoms with E-state index in [0.717, 1.165) is 32.7 Å². The predicted molar refractivity (Wildman–Crippen MR) is 98.6 cm³/mol. The summed E-state index contributed by atoms with van der Waals surface area (Å²) in [5.41, 5.74) is 1.78. The molecule has 0 spiro atoms. The van der Waals surface area contributed by atoms with E-state index >= 15 is 0 Å². The SMILES string of the molecule is CCN1CCN(c2ccc(C(=O)NCC(C)(C)CCO)cc2)CC1. The molecule has 134 valence electrons. The number of hydrogen-bond acceptors (Lipinski definition) is 4. The highest BCUT2D eigenvalue weighted by Crippen LogP contribution is 2.19. The van der Waals surface area contributed by atoms with Crippen molar-refractivity contribution < 1.29 is 9.90 Å². The number of carbonyl (C=O) groups excluding carboxylic acids is 1. The summed E-state index contributed by atoms with van der Waals surface area (Å²) >= 11 is 0. The topological polar surface area (TPSA) is 55.8 Å². The lowest BCUT2D eigenvalue weighted by molar-refractivity contribution is 0.0928. The van der Waals surface area contributed by atoms with Crippen LogP contribution in [0.2, 0.25) is 0 Å². The Morgan fingerprint density at radius 1 is 1.17 bits per heavy atom. The number of benzene rings is 1. The average Bonchev–Trinajstić information content (AvgIpc) is 2.60. The van der Waals surface area contributed by atoms with E-state index in [9.17, 15) is 4.79 Å². The van der Waals surface area contributed by atoms with Gasteiger partial charge in [-0.25, -0.2) is 0 Å². The van der Waals surface area contributed by atoms with Gasteiger partial charge < -0.3 is 20.2 Å². The van der Waals surface area contributed by atoms with Gasteiger partial charge in [-0.1, -0.05) is 20.8 Å². The number of piperazine rings is 1. The van der Waals surface area contributed by atoms with Gasteiger partial charge in [-0.15, -0.1) is 0 Å². The van der Waals surface area contributed by atoms with Gasteiger partial charge in [-0.05, 0) is 42.6 Å². The zero-order chi connectivity index (χ0) is 17.6. The Labute approximate surface area is 145 Å². The van der Waals surface area contributed by atoms with Crippen LogP contribution in [-0.4, -0.2) is 61.8 Å². The Hall–Kier alpha value is -1.59. The summed E-state index contributed by atoms with van der Waals surface area (Å²) in [5, 5.41) is 12.0. The summed E-state index contributed by atoms with van der Waals surface area (Å²) < 4.78 is 0. The third-order valence-corrected chi connectivity index (χ3v) is 4.83. The zero-order valence-electron chi connectivity index (χ0n) is 15.2. The second kappa shape index (κ2) is 8.49. The summed E-state index contributed by atoms with van der Waals surface area (Å²) in [6, 6.07) is 7.87. The van der Waals surface area contributed by atoms with Crippen molar-refractivity contribution in [3.8, 4) is 0 Å². The van der Waals surface area contributed by atoms with Gasteiger partial charge in [0.05, 0.1) is 0 Å². The molecule has 1 saturated heterocycles. The maximum Gasteiger partial charge on any atom is 0.251 e. The lowest BCUT2D eigenvalue weighted by atomic mass is 9.89.